The number of carboxylic acids is 1. The van der Waals surface area contributed by atoms with E-state index in [1.54, 1.807) is 36.4 Å². The summed E-state index contributed by atoms with van der Waals surface area (Å²) in [7, 11) is 1.41. The van der Waals surface area contributed by atoms with Gasteiger partial charge in [-0.2, -0.15) is 0 Å². The van der Waals surface area contributed by atoms with Crippen LogP contribution in [0.15, 0.2) is 42.5 Å². The van der Waals surface area contributed by atoms with E-state index in [1.807, 2.05) is 0 Å². The first kappa shape index (κ1) is 13.6. The fourth-order valence-electron chi connectivity index (χ4n) is 1.99. The number of carbonyl (C=O) groups excluding carboxylic acids is 1. The second kappa shape index (κ2) is 5.44. The SMILES string of the molecule is COc1c(C(=O)O)cccc1-c1cccc(C(N)=O)c1. The number of rotatable bonds is 4. The molecule has 0 unspecified atom stereocenters. The summed E-state index contributed by atoms with van der Waals surface area (Å²) in [6.07, 6.45) is 0. The number of ether oxygens (including phenoxy) is 1. The smallest absolute Gasteiger partial charge is 0.339 e. The maximum atomic E-state index is 11.2. The van der Waals surface area contributed by atoms with E-state index in [1.165, 1.54) is 13.2 Å². The van der Waals surface area contributed by atoms with Crippen LogP contribution in [0.3, 0.4) is 0 Å². The normalized spacial score (nSPS) is 10.1. The summed E-state index contributed by atoms with van der Waals surface area (Å²) in [5, 5.41) is 9.16. The van der Waals surface area contributed by atoms with Crippen molar-refractivity contribution in [2.24, 2.45) is 5.73 Å². The van der Waals surface area contributed by atoms with Crippen molar-refractivity contribution in [3.8, 4) is 16.9 Å². The van der Waals surface area contributed by atoms with Crippen LogP contribution < -0.4 is 10.5 Å². The molecule has 0 heterocycles. The number of amides is 1. The first-order chi connectivity index (χ1) is 9.54. The number of hydrogen-bond donors (Lipinski definition) is 2. The molecule has 0 aliphatic rings. The second-order valence-corrected chi connectivity index (χ2v) is 4.14. The Kier molecular flexibility index (Phi) is 3.70. The molecule has 0 bridgehead atoms. The maximum Gasteiger partial charge on any atom is 0.339 e. The lowest BCUT2D eigenvalue weighted by atomic mass is 9.99. The standard InChI is InChI=1S/C15H13NO4/c1-20-13-11(6-3-7-12(13)15(18)19)9-4-2-5-10(8-9)14(16)17/h2-8H,1H3,(H2,16,17)(H,18,19). The number of nitrogens with two attached hydrogens (primary N) is 1. The van der Waals surface area contributed by atoms with E-state index in [2.05, 4.69) is 0 Å². The Hall–Kier alpha value is -2.82. The van der Waals surface area contributed by atoms with Gasteiger partial charge in [-0.3, -0.25) is 4.79 Å². The second-order valence-electron chi connectivity index (χ2n) is 4.14. The molecule has 0 aliphatic carbocycles. The van der Waals surface area contributed by atoms with Crippen molar-refractivity contribution < 1.29 is 19.4 Å². The summed E-state index contributed by atoms with van der Waals surface area (Å²) in [5.74, 6) is -1.36. The van der Waals surface area contributed by atoms with E-state index in [0.717, 1.165) is 0 Å². The molecular weight excluding hydrogens is 258 g/mol. The summed E-state index contributed by atoms with van der Waals surface area (Å²) in [6.45, 7) is 0. The van der Waals surface area contributed by atoms with Crippen LogP contribution in [0.1, 0.15) is 20.7 Å². The zero-order valence-corrected chi connectivity index (χ0v) is 10.8. The van der Waals surface area contributed by atoms with Gasteiger partial charge >= 0.3 is 5.97 Å². The number of benzene rings is 2. The molecule has 0 fully saturated rings. The fourth-order valence-corrected chi connectivity index (χ4v) is 1.99. The van der Waals surface area contributed by atoms with E-state index in [4.69, 9.17) is 15.6 Å². The van der Waals surface area contributed by atoms with Crippen LogP contribution in [0, 0.1) is 0 Å². The Morgan fingerprint density at radius 2 is 1.85 bits per heavy atom. The van der Waals surface area contributed by atoms with E-state index in [-0.39, 0.29) is 11.3 Å². The third kappa shape index (κ3) is 2.47. The highest BCUT2D eigenvalue weighted by Crippen LogP contribution is 2.33. The predicted octanol–water partition coefficient (Wildman–Crippen LogP) is 2.16. The maximum absolute atomic E-state index is 11.2. The Bertz CT molecular complexity index is 679. The predicted molar refractivity (Wildman–Crippen MR) is 73.9 cm³/mol. The number of carbonyl (C=O) groups is 2. The van der Waals surface area contributed by atoms with Crippen molar-refractivity contribution in [1.29, 1.82) is 0 Å². The van der Waals surface area contributed by atoms with Gasteiger partial charge in [-0.1, -0.05) is 24.3 Å². The summed E-state index contributed by atoms with van der Waals surface area (Å²) in [6, 6.07) is 11.5. The summed E-state index contributed by atoms with van der Waals surface area (Å²) in [4.78, 5) is 22.4. The highest BCUT2D eigenvalue weighted by atomic mass is 16.5. The molecule has 1 amide bonds. The van der Waals surface area contributed by atoms with Crippen molar-refractivity contribution in [2.45, 2.75) is 0 Å². The van der Waals surface area contributed by atoms with Crippen molar-refractivity contribution in [2.75, 3.05) is 7.11 Å². The van der Waals surface area contributed by atoms with E-state index in [9.17, 15) is 9.59 Å². The molecule has 0 aromatic heterocycles. The molecular formula is C15H13NO4. The summed E-state index contributed by atoms with van der Waals surface area (Å²) in [5.41, 5.74) is 6.92. The van der Waals surface area contributed by atoms with Gasteiger partial charge in [-0.05, 0) is 23.8 Å². The number of hydrogen-bond acceptors (Lipinski definition) is 3. The molecule has 3 N–H and O–H groups in total. The van der Waals surface area contributed by atoms with Gasteiger partial charge in [0.05, 0.1) is 7.11 Å². The molecule has 2 aromatic carbocycles. The van der Waals surface area contributed by atoms with Crippen molar-refractivity contribution in [3.05, 3.63) is 53.6 Å². The van der Waals surface area contributed by atoms with Crippen LogP contribution in [0.5, 0.6) is 5.75 Å². The van der Waals surface area contributed by atoms with Gasteiger partial charge < -0.3 is 15.6 Å². The molecule has 0 saturated heterocycles. The van der Waals surface area contributed by atoms with Crippen molar-refractivity contribution >= 4 is 11.9 Å². The lowest BCUT2D eigenvalue weighted by Gasteiger charge is -2.12. The quantitative estimate of drug-likeness (QED) is 0.891. The average Bonchev–Trinajstić information content (AvgIpc) is 2.46. The van der Waals surface area contributed by atoms with Crippen LogP contribution in [0.2, 0.25) is 0 Å². The zero-order valence-electron chi connectivity index (χ0n) is 10.8. The van der Waals surface area contributed by atoms with Crippen LogP contribution in [-0.4, -0.2) is 24.1 Å². The van der Waals surface area contributed by atoms with E-state index >= 15 is 0 Å². The molecule has 0 radical (unpaired) electrons. The first-order valence-electron chi connectivity index (χ1n) is 5.85. The van der Waals surface area contributed by atoms with Gasteiger partial charge in [0.15, 0.2) is 0 Å². The van der Waals surface area contributed by atoms with Gasteiger partial charge in [0.25, 0.3) is 0 Å². The molecule has 2 aromatic rings. The minimum Gasteiger partial charge on any atom is -0.495 e. The van der Waals surface area contributed by atoms with Gasteiger partial charge in [-0.25, -0.2) is 4.79 Å². The Labute approximate surface area is 115 Å². The molecule has 2 rings (SSSR count). The number of para-hydroxylation sites is 1. The Balaban J connectivity index is 2.63. The molecule has 20 heavy (non-hydrogen) atoms. The van der Waals surface area contributed by atoms with Crippen molar-refractivity contribution in [1.82, 2.24) is 0 Å². The largest absolute Gasteiger partial charge is 0.495 e. The molecule has 0 atom stereocenters. The van der Waals surface area contributed by atoms with E-state index < -0.39 is 11.9 Å². The van der Waals surface area contributed by atoms with Crippen LogP contribution >= 0.6 is 0 Å². The third-order valence-electron chi connectivity index (χ3n) is 2.91. The molecule has 5 heteroatoms. The first-order valence-corrected chi connectivity index (χ1v) is 5.85. The Morgan fingerprint density at radius 3 is 2.45 bits per heavy atom. The van der Waals surface area contributed by atoms with Crippen LogP contribution in [0.4, 0.5) is 0 Å². The molecule has 0 saturated carbocycles. The van der Waals surface area contributed by atoms with E-state index in [0.29, 0.717) is 16.7 Å². The Morgan fingerprint density at radius 1 is 1.15 bits per heavy atom. The number of aromatic carboxylic acids is 1. The van der Waals surface area contributed by atoms with Gasteiger partial charge in [0, 0.05) is 11.1 Å². The number of carboxylic acid groups (broad SMARTS) is 1. The number of primary amides is 1. The zero-order chi connectivity index (χ0) is 14.7. The summed E-state index contributed by atoms with van der Waals surface area (Å²) < 4.78 is 5.20. The lowest BCUT2D eigenvalue weighted by molar-refractivity contribution is 0.0693. The fraction of sp³-hybridized carbons (Fsp3) is 0.0667. The highest BCUT2D eigenvalue weighted by Gasteiger charge is 2.16. The highest BCUT2D eigenvalue weighted by molar-refractivity contribution is 5.96. The van der Waals surface area contributed by atoms with Crippen LogP contribution in [-0.2, 0) is 0 Å². The van der Waals surface area contributed by atoms with Gasteiger partial charge in [-0.15, -0.1) is 0 Å². The molecule has 0 aliphatic heterocycles. The molecule has 102 valence electrons. The van der Waals surface area contributed by atoms with Gasteiger partial charge in [0.1, 0.15) is 11.3 Å². The number of methoxy groups -OCH3 is 1. The van der Waals surface area contributed by atoms with Crippen LogP contribution in [0.25, 0.3) is 11.1 Å². The lowest BCUT2D eigenvalue weighted by Crippen LogP contribution is -2.10. The van der Waals surface area contributed by atoms with Gasteiger partial charge in [0.2, 0.25) is 5.91 Å². The molecule has 5 nitrogen and oxygen atoms in total. The third-order valence-corrected chi connectivity index (χ3v) is 2.91. The molecule has 0 spiro atoms. The topological polar surface area (TPSA) is 89.6 Å². The monoisotopic (exact) mass is 271 g/mol. The van der Waals surface area contributed by atoms with Crippen molar-refractivity contribution in [3.63, 3.8) is 0 Å². The minimum absolute atomic E-state index is 0.0643. The average molecular weight is 271 g/mol. The summed E-state index contributed by atoms with van der Waals surface area (Å²) >= 11 is 0. The minimum atomic E-state index is -1.07.